The third-order valence-electron chi connectivity index (χ3n) is 3.96. The molecule has 0 saturated carbocycles. The van der Waals surface area contributed by atoms with E-state index in [1.165, 1.54) is 6.33 Å². The summed E-state index contributed by atoms with van der Waals surface area (Å²) in [5.41, 5.74) is 2.91. The average Bonchev–Trinajstić information content (AvgIpc) is 2.67. The van der Waals surface area contributed by atoms with Gasteiger partial charge in [0.1, 0.15) is 6.33 Å². The van der Waals surface area contributed by atoms with Crippen LogP contribution in [0.25, 0.3) is 0 Å². The van der Waals surface area contributed by atoms with E-state index in [2.05, 4.69) is 20.6 Å². The Bertz CT molecular complexity index is 862. The van der Waals surface area contributed by atoms with E-state index in [1.807, 2.05) is 43.3 Å². The van der Waals surface area contributed by atoms with E-state index in [9.17, 15) is 10.1 Å². The Hall–Kier alpha value is -3.19. The van der Waals surface area contributed by atoms with Crippen LogP contribution in [0.1, 0.15) is 16.7 Å². The van der Waals surface area contributed by atoms with Gasteiger partial charge < -0.3 is 10.6 Å². The van der Waals surface area contributed by atoms with Crippen molar-refractivity contribution in [3.05, 3.63) is 86.7 Å². The Kier molecular flexibility index (Phi) is 5.83. The number of anilines is 2. The zero-order valence-electron chi connectivity index (χ0n) is 14.6. The highest BCUT2D eigenvalue weighted by Gasteiger charge is 2.22. The SMILES string of the molecule is Cc1ccc(CNc2ncnc(NCc3ccc(Cl)cc3)c2[N+](=O)[O-])cc1. The predicted octanol–water partition coefficient (Wildman–Crippen LogP) is 4.57. The lowest BCUT2D eigenvalue weighted by atomic mass is 10.1. The molecule has 0 aliphatic heterocycles. The largest absolute Gasteiger partial charge is 0.360 e. The van der Waals surface area contributed by atoms with Gasteiger partial charge in [0.2, 0.25) is 11.6 Å². The molecule has 138 valence electrons. The summed E-state index contributed by atoms with van der Waals surface area (Å²) in [6.07, 6.45) is 1.30. The van der Waals surface area contributed by atoms with Crippen LogP contribution < -0.4 is 10.6 Å². The summed E-state index contributed by atoms with van der Waals surface area (Å²) in [7, 11) is 0. The number of aromatic nitrogens is 2. The average molecular weight is 384 g/mol. The summed E-state index contributed by atoms with van der Waals surface area (Å²) in [5.74, 6) is 0.338. The fourth-order valence-electron chi connectivity index (χ4n) is 2.49. The van der Waals surface area contributed by atoms with Crippen molar-refractivity contribution >= 4 is 28.9 Å². The van der Waals surface area contributed by atoms with E-state index in [4.69, 9.17) is 11.6 Å². The van der Waals surface area contributed by atoms with Crippen LogP contribution in [-0.2, 0) is 13.1 Å². The lowest BCUT2D eigenvalue weighted by Gasteiger charge is -2.10. The lowest BCUT2D eigenvalue weighted by molar-refractivity contribution is -0.383. The summed E-state index contributed by atoms with van der Waals surface area (Å²) in [6.45, 7) is 2.81. The summed E-state index contributed by atoms with van der Waals surface area (Å²) < 4.78 is 0. The molecule has 1 heterocycles. The number of aryl methyl sites for hydroxylation is 1. The van der Waals surface area contributed by atoms with Gasteiger partial charge in [-0.05, 0) is 30.2 Å². The van der Waals surface area contributed by atoms with E-state index >= 15 is 0 Å². The fraction of sp³-hybridized carbons (Fsp3) is 0.158. The first kappa shape index (κ1) is 18.6. The second-order valence-electron chi connectivity index (χ2n) is 6.00. The van der Waals surface area contributed by atoms with Crippen LogP contribution in [0, 0.1) is 17.0 Å². The fourth-order valence-corrected chi connectivity index (χ4v) is 2.62. The minimum absolute atomic E-state index is 0.163. The van der Waals surface area contributed by atoms with Crippen molar-refractivity contribution in [2.24, 2.45) is 0 Å². The van der Waals surface area contributed by atoms with Crippen molar-refractivity contribution < 1.29 is 4.92 Å². The molecule has 3 aromatic rings. The third kappa shape index (κ3) is 4.92. The smallest absolute Gasteiger partial charge is 0.353 e. The molecular formula is C19H18ClN5O2. The van der Waals surface area contributed by atoms with Crippen LogP contribution in [0.5, 0.6) is 0 Å². The monoisotopic (exact) mass is 383 g/mol. The molecule has 27 heavy (non-hydrogen) atoms. The molecule has 0 amide bonds. The molecule has 7 nitrogen and oxygen atoms in total. The molecule has 0 aliphatic carbocycles. The Labute approximate surface area is 161 Å². The molecule has 1 aromatic heterocycles. The Morgan fingerprint density at radius 3 is 1.89 bits per heavy atom. The van der Waals surface area contributed by atoms with Crippen molar-refractivity contribution in [2.75, 3.05) is 10.6 Å². The highest BCUT2D eigenvalue weighted by Crippen LogP contribution is 2.29. The van der Waals surface area contributed by atoms with Crippen molar-refractivity contribution in [1.82, 2.24) is 9.97 Å². The zero-order valence-corrected chi connectivity index (χ0v) is 15.4. The van der Waals surface area contributed by atoms with Gasteiger partial charge in [-0.25, -0.2) is 9.97 Å². The number of benzene rings is 2. The van der Waals surface area contributed by atoms with Gasteiger partial charge in [-0.1, -0.05) is 53.6 Å². The number of nitrogens with zero attached hydrogens (tertiary/aromatic N) is 3. The van der Waals surface area contributed by atoms with Crippen LogP contribution in [0.15, 0.2) is 54.9 Å². The van der Waals surface area contributed by atoms with E-state index in [0.29, 0.717) is 18.1 Å². The summed E-state index contributed by atoms with van der Waals surface area (Å²) in [6, 6.07) is 15.1. The van der Waals surface area contributed by atoms with Crippen molar-refractivity contribution in [3.63, 3.8) is 0 Å². The van der Waals surface area contributed by atoms with Crippen molar-refractivity contribution in [3.8, 4) is 0 Å². The van der Waals surface area contributed by atoms with Gasteiger partial charge in [0.15, 0.2) is 0 Å². The van der Waals surface area contributed by atoms with Crippen LogP contribution in [-0.4, -0.2) is 14.9 Å². The number of hydrogen-bond acceptors (Lipinski definition) is 6. The van der Waals surface area contributed by atoms with Crippen LogP contribution in [0.3, 0.4) is 0 Å². The summed E-state index contributed by atoms with van der Waals surface area (Å²) in [5, 5.41) is 18.2. The molecule has 0 atom stereocenters. The first-order valence-corrected chi connectivity index (χ1v) is 8.68. The molecule has 2 N–H and O–H groups in total. The lowest BCUT2D eigenvalue weighted by Crippen LogP contribution is -2.10. The van der Waals surface area contributed by atoms with Crippen molar-refractivity contribution in [1.29, 1.82) is 0 Å². The second kappa shape index (κ2) is 8.46. The van der Waals surface area contributed by atoms with Gasteiger partial charge in [0.05, 0.1) is 4.92 Å². The van der Waals surface area contributed by atoms with Crippen molar-refractivity contribution in [2.45, 2.75) is 20.0 Å². The van der Waals surface area contributed by atoms with Crippen LogP contribution >= 0.6 is 11.6 Å². The molecule has 3 rings (SSSR count). The van der Waals surface area contributed by atoms with Gasteiger partial charge in [-0.2, -0.15) is 0 Å². The first-order valence-electron chi connectivity index (χ1n) is 8.30. The minimum atomic E-state index is -0.484. The molecule has 0 spiro atoms. The Balaban J connectivity index is 1.76. The summed E-state index contributed by atoms with van der Waals surface area (Å²) in [4.78, 5) is 19.2. The molecule has 0 saturated heterocycles. The van der Waals surface area contributed by atoms with Crippen LogP contribution in [0.4, 0.5) is 17.3 Å². The molecular weight excluding hydrogens is 366 g/mol. The molecule has 0 unspecified atom stereocenters. The molecule has 2 aromatic carbocycles. The Morgan fingerprint density at radius 2 is 1.41 bits per heavy atom. The normalized spacial score (nSPS) is 10.4. The number of hydrogen-bond donors (Lipinski definition) is 2. The third-order valence-corrected chi connectivity index (χ3v) is 4.21. The number of nitrogens with one attached hydrogen (secondary N) is 2. The number of rotatable bonds is 7. The quantitative estimate of drug-likeness (QED) is 0.458. The summed E-state index contributed by atoms with van der Waals surface area (Å²) >= 11 is 5.87. The molecule has 8 heteroatoms. The van der Waals surface area contributed by atoms with Gasteiger partial charge in [0.25, 0.3) is 0 Å². The van der Waals surface area contributed by atoms with Gasteiger partial charge in [-0.15, -0.1) is 0 Å². The number of nitro groups is 1. The van der Waals surface area contributed by atoms with E-state index in [0.717, 1.165) is 16.7 Å². The molecule has 0 radical (unpaired) electrons. The minimum Gasteiger partial charge on any atom is -0.360 e. The maximum atomic E-state index is 11.6. The highest BCUT2D eigenvalue weighted by atomic mass is 35.5. The first-order chi connectivity index (χ1) is 13.0. The topological polar surface area (TPSA) is 93.0 Å². The zero-order chi connectivity index (χ0) is 19.2. The van der Waals surface area contributed by atoms with E-state index in [1.54, 1.807) is 12.1 Å². The van der Waals surface area contributed by atoms with Gasteiger partial charge in [-0.3, -0.25) is 10.1 Å². The maximum absolute atomic E-state index is 11.6. The molecule has 0 aliphatic rings. The van der Waals surface area contributed by atoms with Gasteiger partial charge in [0, 0.05) is 18.1 Å². The molecule has 0 bridgehead atoms. The highest BCUT2D eigenvalue weighted by molar-refractivity contribution is 6.30. The van der Waals surface area contributed by atoms with E-state index < -0.39 is 4.92 Å². The molecule has 0 fully saturated rings. The standard InChI is InChI=1S/C19H18ClN5O2/c1-13-2-4-14(5-3-13)10-21-18-17(25(26)27)19(24-12-23-18)22-11-15-6-8-16(20)9-7-15/h2-9,12H,10-11H2,1H3,(H2,21,22,23,24). The Morgan fingerprint density at radius 1 is 0.926 bits per heavy atom. The van der Waals surface area contributed by atoms with Gasteiger partial charge >= 0.3 is 5.69 Å². The van der Waals surface area contributed by atoms with Crippen LogP contribution in [0.2, 0.25) is 5.02 Å². The number of halogens is 1. The van der Waals surface area contributed by atoms with E-state index in [-0.39, 0.29) is 17.3 Å². The second-order valence-corrected chi connectivity index (χ2v) is 6.43. The predicted molar refractivity (Wildman–Crippen MR) is 106 cm³/mol. The maximum Gasteiger partial charge on any atom is 0.353 e.